The van der Waals surface area contributed by atoms with Crippen LogP contribution in [0.4, 0.5) is 0 Å². The molecule has 1 heterocycles. The Balaban J connectivity index is 1.59. The van der Waals surface area contributed by atoms with Crippen molar-refractivity contribution in [3.8, 4) is 5.75 Å². The van der Waals surface area contributed by atoms with E-state index in [1.165, 1.54) is 23.8 Å². The Bertz CT molecular complexity index is 865. The summed E-state index contributed by atoms with van der Waals surface area (Å²) in [5.74, 6) is 0.326. The van der Waals surface area contributed by atoms with Gasteiger partial charge in [-0.15, -0.1) is 10.2 Å². The van der Waals surface area contributed by atoms with Gasteiger partial charge in [-0.2, -0.15) is 0 Å². The highest BCUT2D eigenvalue weighted by atomic mass is 35.5. The lowest BCUT2D eigenvalue weighted by Gasteiger charge is -2.08. The molecule has 2 aromatic carbocycles. The molecule has 0 saturated carbocycles. The second-order valence-corrected chi connectivity index (χ2v) is 5.93. The Labute approximate surface area is 150 Å². The van der Waals surface area contributed by atoms with Gasteiger partial charge in [-0.05, 0) is 30.2 Å². The molecular formula is C18H17ClN4O2. The first kappa shape index (κ1) is 17.0. The van der Waals surface area contributed by atoms with Crippen LogP contribution in [-0.2, 0) is 19.5 Å². The molecule has 0 aliphatic carbocycles. The van der Waals surface area contributed by atoms with Crippen LogP contribution >= 0.6 is 11.6 Å². The zero-order chi connectivity index (χ0) is 17.6. The third-order valence-corrected chi connectivity index (χ3v) is 4.10. The molecule has 0 atom stereocenters. The number of carbonyl (C=O) groups is 1. The highest BCUT2D eigenvalue weighted by molar-refractivity contribution is 6.32. The summed E-state index contributed by atoms with van der Waals surface area (Å²) in [6.45, 7) is 0.985. The van der Waals surface area contributed by atoms with Gasteiger partial charge in [0.1, 0.15) is 12.1 Å². The number of amides is 1. The molecule has 0 fully saturated rings. The summed E-state index contributed by atoms with van der Waals surface area (Å²) in [7, 11) is 0. The summed E-state index contributed by atoms with van der Waals surface area (Å²) in [4.78, 5) is 12.2. The van der Waals surface area contributed by atoms with Gasteiger partial charge < -0.3 is 15.0 Å². The summed E-state index contributed by atoms with van der Waals surface area (Å²) in [6.07, 6.45) is 2.51. The number of halogens is 1. The van der Waals surface area contributed by atoms with Gasteiger partial charge in [0.15, 0.2) is 5.82 Å². The quantitative estimate of drug-likeness (QED) is 0.711. The van der Waals surface area contributed by atoms with Gasteiger partial charge >= 0.3 is 0 Å². The molecule has 0 aliphatic rings. The predicted octanol–water partition coefficient (Wildman–Crippen LogP) is 2.81. The number of hydrogen-bond donors (Lipinski definition) is 2. The van der Waals surface area contributed by atoms with Crippen molar-refractivity contribution in [3.63, 3.8) is 0 Å². The molecule has 2 N–H and O–H groups in total. The molecular weight excluding hydrogens is 340 g/mol. The molecule has 128 valence electrons. The fraction of sp³-hybridized carbons (Fsp3) is 0.167. The van der Waals surface area contributed by atoms with Gasteiger partial charge in [-0.25, -0.2) is 0 Å². The Morgan fingerprint density at radius 2 is 2.00 bits per heavy atom. The van der Waals surface area contributed by atoms with Gasteiger partial charge in [0.25, 0.3) is 5.91 Å². The summed E-state index contributed by atoms with van der Waals surface area (Å²) in [6, 6.07) is 14.5. The molecule has 1 amide bonds. The third-order valence-electron chi connectivity index (χ3n) is 3.80. The highest BCUT2D eigenvalue weighted by Gasteiger charge is 2.10. The molecule has 6 nitrogen and oxygen atoms in total. The van der Waals surface area contributed by atoms with E-state index in [-0.39, 0.29) is 23.2 Å². The molecule has 3 aromatic rings. The van der Waals surface area contributed by atoms with Crippen LogP contribution in [0, 0.1) is 0 Å². The molecule has 0 radical (unpaired) electrons. The third kappa shape index (κ3) is 4.36. The van der Waals surface area contributed by atoms with E-state index in [1.54, 1.807) is 6.33 Å². The number of aromatic hydroxyl groups is 1. The molecule has 0 aliphatic heterocycles. The van der Waals surface area contributed by atoms with E-state index in [4.69, 9.17) is 11.6 Å². The maximum absolute atomic E-state index is 12.2. The van der Waals surface area contributed by atoms with E-state index in [2.05, 4.69) is 27.6 Å². The maximum Gasteiger partial charge on any atom is 0.251 e. The van der Waals surface area contributed by atoms with Crippen LogP contribution in [0.1, 0.15) is 21.7 Å². The number of rotatable bonds is 6. The van der Waals surface area contributed by atoms with E-state index < -0.39 is 0 Å². The minimum atomic E-state index is -0.292. The molecule has 0 spiro atoms. The summed E-state index contributed by atoms with van der Waals surface area (Å²) < 4.78 is 1.91. The number of hydrogen-bond acceptors (Lipinski definition) is 4. The molecule has 25 heavy (non-hydrogen) atoms. The average molecular weight is 357 g/mol. The Morgan fingerprint density at radius 1 is 1.20 bits per heavy atom. The highest BCUT2D eigenvalue weighted by Crippen LogP contribution is 2.23. The SMILES string of the molecule is O=C(NCc1nncn1CCc1ccccc1)c1ccc(O)c(Cl)c1. The molecule has 0 unspecified atom stereocenters. The van der Waals surface area contributed by atoms with Crippen LogP contribution in [0.2, 0.25) is 5.02 Å². The molecule has 0 bridgehead atoms. The lowest BCUT2D eigenvalue weighted by molar-refractivity contribution is 0.0949. The molecule has 0 saturated heterocycles. The summed E-state index contributed by atoms with van der Waals surface area (Å²) >= 11 is 5.83. The van der Waals surface area contributed by atoms with Crippen molar-refractivity contribution in [2.75, 3.05) is 0 Å². The van der Waals surface area contributed by atoms with Crippen LogP contribution in [0.5, 0.6) is 5.75 Å². The van der Waals surface area contributed by atoms with Crippen molar-refractivity contribution >= 4 is 17.5 Å². The zero-order valence-electron chi connectivity index (χ0n) is 13.4. The average Bonchev–Trinajstić information content (AvgIpc) is 3.08. The van der Waals surface area contributed by atoms with E-state index in [1.807, 2.05) is 22.8 Å². The lowest BCUT2D eigenvalue weighted by Crippen LogP contribution is -2.24. The van der Waals surface area contributed by atoms with Crippen LogP contribution < -0.4 is 5.32 Å². The minimum absolute atomic E-state index is 0.0566. The van der Waals surface area contributed by atoms with Gasteiger partial charge in [0, 0.05) is 12.1 Å². The van der Waals surface area contributed by atoms with Crippen LogP contribution in [0.3, 0.4) is 0 Å². The lowest BCUT2D eigenvalue weighted by atomic mass is 10.1. The molecule has 1 aromatic heterocycles. The van der Waals surface area contributed by atoms with Crippen molar-refractivity contribution in [3.05, 3.63) is 76.8 Å². The number of aryl methyl sites for hydroxylation is 2. The first-order valence-electron chi connectivity index (χ1n) is 7.81. The second kappa shape index (κ2) is 7.81. The van der Waals surface area contributed by atoms with E-state index in [9.17, 15) is 9.90 Å². The minimum Gasteiger partial charge on any atom is -0.506 e. The standard InChI is InChI=1S/C18H17ClN4O2/c19-15-10-14(6-7-16(15)24)18(25)20-11-17-22-21-12-23(17)9-8-13-4-2-1-3-5-13/h1-7,10,12,24H,8-9,11H2,(H,20,25). The van der Waals surface area contributed by atoms with Crippen molar-refractivity contribution in [2.45, 2.75) is 19.5 Å². The number of phenolic OH excluding ortho intramolecular Hbond substituents is 1. The Morgan fingerprint density at radius 3 is 2.76 bits per heavy atom. The van der Waals surface area contributed by atoms with Gasteiger partial charge in [-0.3, -0.25) is 4.79 Å². The number of phenols is 1. The molecule has 3 rings (SSSR count). The molecule has 7 heteroatoms. The topological polar surface area (TPSA) is 80.0 Å². The Hall–Kier alpha value is -2.86. The fourth-order valence-electron chi connectivity index (χ4n) is 2.41. The van der Waals surface area contributed by atoms with Crippen molar-refractivity contribution in [2.24, 2.45) is 0 Å². The largest absolute Gasteiger partial charge is 0.506 e. The van der Waals surface area contributed by atoms with Crippen LogP contribution in [0.25, 0.3) is 0 Å². The first-order chi connectivity index (χ1) is 12.1. The Kier molecular flexibility index (Phi) is 5.30. The predicted molar refractivity (Wildman–Crippen MR) is 94.5 cm³/mol. The second-order valence-electron chi connectivity index (χ2n) is 5.53. The van der Waals surface area contributed by atoms with E-state index in [0.29, 0.717) is 11.4 Å². The smallest absolute Gasteiger partial charge is 0.251 e. The van der Waals surface area contributed by atoms with Crippen LogP contribution in [-0.4, -0.2) is 25.8 Å². The van der Waals surface area contributed by atoms with Gasteiger partial charge in [-0.1, -0.05) is 41.9 Å². The van der Waals surface area contributed by atoms with Gasteiger partial charge in [0.2, 0.25) is 0 Å². The van der Waals surface area contributed by atoms with E-state index >= 15 is 0 Å². The summed E-state index contributed by atoms with van der Waals surface area (Å²) in [5.41, 5.74) is 1.60. The van der Waals surface area contributed by atoms with Crippen LogP contribution in [0.15, 0.2) is 54.9 Å². The number of carbonyl (C=O) groups excluding carboxylic acids is 1. The first-order valence-corrected chi connectivity index (χ1v) is 8.18. The van der Waals surface area contributed by atoms with Crippen molar-refractivity contribution in [1.82, 2.24) is 20.1 Å². The number of nitrogens with one attached hydrogen (secondary N) is 1. The zero-order valence-corrected chi connectivity index (χ0v) is 14.1. The van der Waals surface area contributed by atoms with E-state index in [0.717, 1.165) is 13.0 Å². The number of nitrogens with zero attached hydrogens (tertiary/aromatic N) is 3. The van der Waals surface area contributed by atoms with Crippen molar-refractivity contribution < 1.29 is 9.90 Å². The normalized spacial score (nSPS) is 10.6. The summed E-state index contributed by atoms with van der Waals surface area (Å²) in [5, 5.41) is 20.3. The van der Waals surface area contributed by atoms with Crippen molar-refractivity contribution in [1.29, 1.82) is 0 Å². The number of aromatic nitrogens is 3. The number of benzene rings is 2. The van der Waals surface area contributed by atoms with Gasteiger partial charge in [0.05, 0.1) is 11.6 Å². The fourth-order valence-corrected chi connectivity index (χ4v) is 2.59. The monoisotopic (exact) mass is 356 g/mol. The maximum atomic E-state index is 12.2.